The number of nitrogens with zero attached hydrogens (tertiary/aromatic N) is 9. The number of pyridine rings is 2. The van der Waals surface area contributed by atoms with Crippen LogP contribution in [0.4, 0.5) is 4.39 Å². The Balaban J connectivity index is 0.000000198. The highest BCUT2D eigenvalue weighted by atomic mass is 19.1. The van der Waals surface area contributed by atoms with E-state index in [1.165, 1.54) is 28.2 Å². The molecule has 0 spiro atoms. The molecule has 2 aliphatic heterocycles. The Morgan fingerprint density at radius 1 is 0.833 bits per heavy atom. The van der Waals surface area contributed by atoms with E-state index in [-0.39, 0.29) is 66.1 Å². The zero-order chi connectivity index (χ0) is 54.9. The lowest BCUT2D eigenvalue weighted by Crippen LogP contribution is -2.61. The lowest BCUT2D eigenvalue weighted by molar-refractivity contribution is -0.132. The number of hydrogen-bond donors (Lipinski definition) is 5. The lowest BCUT2D eigenvalue weighted by Gasteiger charge is -2.42. The number of carbonyl (C=O) groups is 5. The number of aromatic nitrogens is 6. The van der Waals surface area contributed by atoms with Crippen LogP contribution >= 0.6 is 0 Å². The predicted molar refractivity (Wildman–Crippen MR) is 288 cm³/mol. The zero-order valence-corrected chi connectivity index (χ0v) is 43.9. The number of Topliss-reactive ketones (excluding diaryl/α,β-unsaturated/α-hetero) is 1. The Bertz CT molecular complexity index is 3190. The normalized spacial score (nSPS) is 18.6. The molecule has 4 aromatic heterocycles. The molecule has 20 heteroatoms. The Morgan fingerprint density at radius 3 is 2.24 bits per heavy atom. The maximum Gasteiger partial charge on any atom is 0.295 e. The Hall–Kier alpha value is -8.04. The van der Waals surface area contributed by atoms with Crippen LogP contribution in [0, 0.1) is 11.7 Å². The number of benzene rings is 3. The average molecular weight is 1060 g/mol. The summed E-state index contributed by atoms with van der Waals surface area (Å²) in [4.78, 5) is 84.3. The van der Waals surface area contributed by atoms with Crippen LogP contribution in [0.2, 0.25) is 0 Å². The summed E-state index contributed by atoms with van der Waals surface area (Å²) >= 11 is 0. The Labute approximate surface area is 451 Å². The SMILES string of the molecule is CC(C)(C)NC(=O)[C@@H]1CN(Cc2cccnc2)CCN1C[C@@H](O)C[C@@H](Cc1ccccc1)C(=O)N[C@H]1c2ccccc2C[C@H]1O.O=C(C(=O)N1CCN(C(=O)c2ccccc2)CC1)c1c[nH]c2c(-n3ccnn3)ncc(F)c12. The van der Waals surface area contributed by atoms with Crippen molar-refractivity contribution in [3.8, 4) is 5.82 Å². The van der Waals surface area contributed by atoms with Crippen LogP contribution in [0.1, 0.15) is 76.2 Å². The summed E-state index contributed by atoms with van der Waals surface area (Å²) in [5.74, 6) is -2.97. The maximum atomic E-state index is 14.6. The van der Waals surface area contributed by atoms with E-state index in [1.807, 2.05) is 99.8 Å². The first-order chi connectivity index (χ1) is 37.6. The van der Waals surface area contributed by atoms with Crippen molar-refractivity contribution in [1.29, 1.82) is 0 Å². The van der Waals surface area contributed by atoms with Crippen molar-refractivity contribution < 1.29 is 38.6 Å². The number of hydrogen-bond acceptors (Lipinski definition) is 13. The molecule has 7 aromatic rings. The topological polar surface area (TPSA) is 235 Å². The van der Waals surface area contributed by atoms with Crippen molar-refractivity contribution in [2.75, 3.05) is 52.4 Å². The van der Waals surface area contributed by atoms with Gasteiger partial charge in [0.15, 0.2) is 11.6 Å². The zero-order valence-electron chi connectivity index (χ0n) is 43.9. The number of aromatic amines is 1. The van der Waals surface area contributed by atoms with Gasteiger partial charge in [0.1, 0.15) is 6.04 Å². The van der Waals surface area contributed by atoms with Gasteiger partial charge in [-0.15, -0.1) is 5.10 Å². The molecule has 0 unspecified atom stereocenters. The second-order valence-electron chi connectivity index (χ2n) is 21.1. The summed E-state index contributed by atoms with van der Waals surface area (Å²) in [6, 6.07) is 29.5. The van der Waals surface area contributed by atoms with Crippen LogP contribution in [-0.2, 0) is 33.8 Å². The number of piperazine rings is 2. The van der Waals surface area contributed by atoms with Crippen molar-refractivity contribution in [2.45, 2.75) is 76.4 Å². The molecule has 3 aliphatic rings. The van der Waals surface area contributed by atoms with Gasteiger partial charge < -0.3 is 35.6 Å². The number of aliphatic hydroxyl groups is 2. The van der Waals surface area contributed by atoms with E-state index in [2.05, 4.69) is 45.7 Å². The van der Waals surface area contributed by atoms with Gasteiger partial charge in [-0.25, -0.2) is 14.1 Å². The molecule has 1 aliphatic carbocycles. The van der Waals surface area contributed by atoms with E-state index < -0.39 is 53.3 Å². The van der Waals surface area contributed by atoms with Crippen LogP contribution < -0.4 is 10.6 Å². The number of rotatable bonds is 15. The first-order valence-corrected chi connectivity index (χ1v) is 26.3. The fourth-order valence-corrected chi connectivity index (χ4v) is 10.5. The summed E-state index contributed by atoms with van der Waals surface area (Å²) in [5, 5.41) is 36.0. The van der Waals surface area contributed by atoms with Gasteiger partial charge in [-0.05, 0) is 74.1 Å². The number of carbonyl (C=O) groups excluding carboxylic acids is 5. The summed E-state index contributed by atoms with van der Waals surface area (Å²) in [6.45, 7) is 9.76. The molecule has 0 radical (unpaired) electrons. The standard InChI is InChI=1S/C36H47N5O4.C22H18FN7O3/c1-36(2,3)39-35(45)31-24-40(22-26-12-9-15-37-21-26)16-17-41(31)23-29(42)19-28(18-25-10-5-4-6-11-25)34(44)38-33-30-14-8-7-13-27(30)20-32(33)43;23-16-13-25-20(30-7-6-26-27-30)18-17(16)15(12-24-18)19(31)22(33)29-10-8-28(9-11-29)21(32)14-4-2-1-3-5-14/h4-15,21,28-29,31-33,42-43H,16-20,22-24H2,1-3H3,(H,38,44)(H,39,45);1-7,12-13,24H,8-11H2/t28-,29+,31+,32-,33+;/m1./s1. The molecule has 406 valence electrons. The number of aliphatic hydroxyl groups excluding tert-OH is 2. The minimum Gasteiger partial charge on any atom is -0.392 e. The fourth-order valence-electron chi connectivity index (χ4n) is 10.5. The molecular formula is C58H65FN12O7. The molecule has 0 bridgehead atoms. The van der Waals surface area contributed by atoms with Crippen molar-refractivity contribution in [1.82, 2.24) is 60.2 Å². The van der Waals surface area contributed by atoms with E-state index in [9.17, 15) is 38.6 Å². The minimum atomic E-state index is -0.835. The molecule has 3 aromatic carbocycles. The summed E-state index contributed by atoms with van der Waals surface area (Å²) < 4.78 is 16.0. The third-order valence-electron chi connectivity index (χ3n) is 14.3. The van der Waals surface area contributed by atoms with Crippen LogP contribution in [0.3, 0.4) is 0 Å². The van der Waals surface area contributed by atoms with Gasteiger partial charge in [0.25, 0.3) is 17.6 Å². The molecule has 0 saturated carbocycles. The number of H-pyrrole nitrogens is 1. The molecule has 6 heterocycles. The van der Waals surface area contributed by atoms with E-state index in [1.54, 1.807) is 35.4 Å². The number of amides is 4. The smallest absolute Gasteiger partial charge is 0.295 e. The number of β-amino-alcohol motifs (C(OH)–C–C–N with tert-alkyl or cyclic N) is 1. The molecule has 5 atom stereocenters. The highest BCUT2D eigenvalue weighted by Crippen LogP contribution is 2.32. The maximum absolute atomic E-state index is 14.6. The third-order valence-corrected chi connectivity index (χ3v) is 14.3. The monoisotopic (exact) mass is 1060 g/mol. The van der Waals surface area contributed by atoms with Crippen molar-refractivity contribution in [2.24, 2.45) is 5.92 Å². The minimum absolute atomic E-state index is 0.0354. The highest BCUT2D eigenvalue weighted by Gasteiger charge is 2.38. The van der Waals surface area contributed by atoms with Gasteiger partial charge >= 0.3 is 0 Å². The van der Waals surface area contributed by atoms with Gasteiger partial charge in [-0.2, -0.15) is 0 Å². The third kappa shape index (κ3) is 13.2. The van der Waals surface area contributed by atoms with E-state index >= 15 is 0 Å². The van der Waals surface area contributed by atoms with Crippen LogP contribution in [0.15, 0.2) is 134 Å². The summed E-state index contributed by atoms with van der Waals surface area (Å²) in [7, 11) is 0. The number of fused-ring (bicyclic) bond motifs is 2. The second kappa shape index (κ2) is 24.5. The van der Waals surface area contributed by atoms with Crippen molar-refractivity contribution >= 4 is 40.3 Å². The van der Waals surface area contributed by atoms with Gasteiger partial charge in [0.05, 0.1) is 53.3 Å². The molecular weight excluding hydrogens is 996 g/mol. The Kier molecular flexibility index (Phi) is 17.2. The fraction of sp³-hybridized carbons (Fsp3) is 0.362. The first kappa shape index (κ1) is 54.7. The molecule has 19 nitrogen and oxygen atoms in total. The number of ketones is 1. The molecule has 5 N–H and O–H groups in total. The first-order valence-electron chi connectivity index (χ1n) is 26.3. The van der Waals surface area contributed by atoms with Crippen molar-refractivity contribution in [3.63, 3.8) is 0 Å². The molecule has 10 rings (SSSR count). The van der Waals surface area contributed by atoms with Gasteiger partial charge in [-0.1, -0.05) is 84.1 Å². The van der Waals surface area contributed by atoms with E-state index in [4.69, 9.17) is 0 Å². The quantitative estimate of drug-likeness (QED) is 0.0712. The van der Waals surface area contributed by atoms with Crippen LogP contribution in [0.25, 0.3) is 16.7 Å². The predicted octanol–water partition coefficient (Wildman–Crippen LogP) is 4.32. The average Bonchev–Trinajstić information content (AvgIpc) is 4.37. The number of halogens is 1. The summed E-state index contributed by atoms with van der Waals surface area (Å²) in [5.41, 5.74) is 4.39. The van der Waals surface area contributed by atoms with E-state index in [0.29, 0.717) is 51.1 Å². The van der Waals surface area contributed by atoms with Gasteiger partial charge in [0.2, 0.25) is 11.8 Å². The lowest BCUT2D eigenvalue weighted by atomic mass is 9.91. The number of nitrogens with one attached hydrogen (secondary N) is 3. The van der Waals surface area contributed by atoms with Crippen molar-refractivity contribution in [3.05, 3.63) is 173 Å². The van der Waals surface area contributed by atoms with E-state index in [0.717, 1.165) is 35.0 Å². The summed E-state index contributed by atoms with van der Waals surface area (Å²) in [6.07, 6.45) is 8.51. The molecule has 2 fully saturated rings. The molecule has 78 heavy (non-hydrogen) atoms. The van der Waals surface area contributed by atoms with Gasteiger partial charge in [0, 0.05) is 101 Å². The second-order valence-corrected chi connectivity index (χ2v) is 21.1. The Morgan fingerprint density at radius 2 is 1.54 bits per heavy atom. The molecule has 2 saturated heterocycles. The van der Waals surface area contributed by atoms with Crippen LogP contribution in [0.5, 0.6) is 0 Å². The van der Waals surface area contributed by atoms with Crippen LogP contribution in [-0.4, -0.2) is 165 Å². The highest BCUT2D eigenvalue weighted by molar-refractivity contribution is 6.45. The molecule has 4 amide bonds. The van der Waals surface area contributed by atoms with Gasteiger partial charge in [-0.3, -0.25) is 38.8 Å². The largest absolute Gasteiger partial charge is 0.392 e.